The summed E-state index contributed by atoms with van der Waals surface area (Å²) < 4.78 is 26.2. The molecule has 9 rings (SSSR count). The third kappa shape index (κ3) is 12.4. The highest BCUT2D eigenvalue weighted by Gasteiger charge is 2.50. The molecule has 3 atom stereocenters. The maximum absolute atomic E-state index is 14.6. The van der Waals surface area contributed by atoms with Crippen molar-refractivity contribution in [3.8, 4) is 28.3 Å². The summed E-state index contributed by atoms with van der Waals surface area (Å²) in [6, 6.07) is 24.7. The normalized spacial score (nSPS) is 19.6. The van der Waals surface area contributed by atoms with Crippen molar-refractivity contribution in [1.82, 2.24) is 34.9 Å². The smallest absolute Gasteiger partial charge is 0.238 e. The molecule has 3 fully saturated rings. The number of primary amides is 1. The highest BCUT2D eigenvalue weighted by Crippen LogP contribution is 2.43. The van der Waals surface area contributed by atoms with E-state index in [2.05, 4.69) is 56.2 Å². The van der Waals surface area contributed by atoms with E-state index in [9.17, 15) is 9.59 Å². The van der Waals surface area contributed by atoms with Crippen LogP contribution in [0.2, 0.25) is 0 Å². The lowest BCUT2D eigenvalue weighted by Gasteiger charge is -2.42. The van der Waals surface area contributed by atoms with Crippen LogP contribution in [0.15, 0.2) is 90.6 Å². The zero-order valence-electron chi connectivity index (χ0n) is 43.5. The molecule has 1 aliphatic heterocycles. The number of aromatic nitrogens is 5. The quantitative estimate of drug-likeness (QED) is 0.0489. The number of hydrogen-bond acceptors (Lipinski definition) is 14. The lowest BCUT2D eigenvalue weighted by Crippen LogP contribution is -2.63. The molecule has 3 aromatic carbocycles. The second-order valence-corrected chi connectivity index (χ2v) is 21.2. The predicted octanol–water partition coefficient (Wildman–Crippen LogP) is 8.91. The molecule has 0 bridgehead atoms. The number of nitrogens with one attached hydrogen (secondary N) is 2. The van der Waals surface area contributed by atoms with Gasteiger partial charge in [-0.15, -0.1) is 11.3 Å². The van der Waals surface area contributed by atoms with Gasteiger partial charge < -0.3 is 45.1 Å². The number of benzene rings is 3. The molecule has 3 aliphatic rings. The molecule has 16 nitrogen and oxygen atoms in total. The molecule has 4 N–H and O–H groups in total. The summed E-state index contributed by atoms with van der Waals surface area (Å²) in [5.74, 6) is 1.51. The molecule has 394 valence electrons. The maximum Gasteiger partial charge on any atom is 0.238 e. The summed E-state index contributed by atoms with van der Waals surface area (Å²) in [5.41, 5.74) is 9.75. The van der Waals surface area contributed by atoms with Crippen LogP contribution in [0.1, 0.15) is 94.2 Å². The van der Waals surface area contributed by atoms with Crippen LogP contribution in [0.5, 0.6) is 5.75 Å². The minimum absolute atomic E-state index is 0.00842. The van der Waals surface area contributed by atoms with E-state index in [-0.39, 0.29) is 30.0 Å². The van der Waals surface area contributed by atoms with Crippen molar-refractivity contribution in [1.29, 1.82) is 0 Å². The molecule has 0 radical (unpaired) electrons. The SMILES string of the molecule is CNC(C)(C(N)=O)[C@@H](C(=O)N1CCC[C@H]1c1nc(-c2ccc(OCCOCCOCCOC3CCC(Nc4nccc(-c5cnn(Cc6ccccc6)c5N(C)C)n4)CC3)c3ccccc23)cs1)C1CCCCC1. The number of likely N-dealkylation sites (tertiary alicyclic amines) is 1. The molecule has 1 unspecified atom stereocenters. The number of ether oxygens (including phenoxy) is 4. The first kappa shape index (κ1) is 52.9. The maximum atomic E-state index is 14.6. The van der Waals surface area contributed by atoms with Crippen LogP contribution in [-0.2, 0) is 30.3 Å². The van der Waals surface area contributed by atoms with Crippen molar-refractivity contribution in [2.45, 2.75) is 108 Å². The predicted molar refractivity (Wildman–Crippen MR) is 291 cm³/mol. The number of thiazole rings is 1. The van der Waals surface area contributed by atoms with Gasteiger partial charge in [-0.2, -0.15) is 5.10 Å². The topological polar surface area (TPSA) is 184 Å². The number of carbonyl (C=O) groups excluding carboxylic acids is 2. The van der Waals surface area contributed by atoms with Crippen molar-refractivity contribution >= 4 is 45.7 Å². The molecule has 3 aromatic heterocycles. The molecule has 2 aliphatic carbocycles. The summed E-state index contributed by atoms with van der Waals surface area (Å²) in [6.07, 6.45) is 14.6. The van der Waals surface area contributed by atoms with Crippen molar-refractivity contribution < 1.29 is 28.5 Å². The van der Waals surface area contributed by atoms with Crippen LogP contribution in [0.4, 0.5) is 11.8 Å². The van der Waals surface area contributed by atoms with E-state index in [0.717, 1.165) is 120 Å². The molecule has 2 amide bonds. The van der Waals surface area contributed by atoms with Gasteiger partial charge in [0.25, 0.3) is 0 Å². The summed E-state index contributed by atoms with van der Waals surface area (Å²) >= 11 is 1.59. The van der Waals surface area contributed by atoms with Crippen LogP contribution in [0, 0.1) is 11.8 Å². The molecule has 74 heavy (non-hydrogen) atoms. The number of likely N-dealkylation sites (N-methyl/N-ethyl adjacent to an activating group) is 1. The van der Waals surface area contributed by atoms with Crippen LogP contribution in [-0.4, -0.2) is 126 Å². The van der Waals surface area contributed by atoms with E-state index in [0.29, 0.717) is 58.7 Å². The highest BCUT2D eigenvalue weighted by molar-refractivity contribution is 7.10. The highest BCUT2D eigenvalue weighted by atomic mass is 32.1. The van der Waals surface area contributed by atoms with Crippen molar-refractivity contribution in [2.24, 2.45) is 17.6 Å². The van der Waals surface area contributed by atoms with E-state index in [1.165, 1.54) is 5.56 Å². The minimum atomic E-state index is -1.14. The summed E-state index contributed by atoms with van der Waals surface area (Å²) in [6.45, 7) is 5.95. The third-order valence-electron chi connectivity index (χ3n) is 15.3. The Kier molecular flexibility index (Phi) is 17.9. The fraction of sp³-hybridized carbons (Fsp3) is 0.509. The van der Waals surface area contributed by atoms with E-state index in [4.69, 9.17) is 39.7 Å². The van der Waals surface area contributed by atoms with Gasteiger partial charge in [-0.1, -0.05) is 73.9 Å². The van der Waals surface area contributed by atoms with E-state index < -0.39 is 17.4 Å². The Morgan fingerprint density at radius 2 is 1.54 bits per heavy atom. The van der Waals surface area contributed by atoms with Gasteiger partial charge in [0.2, 0.25) is 17.8 Å². The van der Waals surface area contributed by atoms with Gasteiger partial charge in [-0.05, 0) is 100 Å². The molecule has 2 saturated carbocycles. The number of hydrogen-bond donors (Lipinski definition) is 3. The Hall–Kier alpha value is -5.98. The average Bonchev–Trinajstić information content (AvgIpc) is 4.22. The number of amides is 2. The second-order valence-electron chi connectivity index (χ2n) is 20.4. The third-order valence-corrected chi connectivity index (χ3v) is 16.3. The molecule has 0 spiro atoms. The van der Waals surface area contributed by atoms with E-state index in [1.807, 2.05) is 78.5 Å². The van der Waals surface area contributed by atoms with Crippen LogP contribution in [0.3, 0.4) is 0 Å². The van der Waals surface area contributed by atoms with Gasteiger partial charge in [-0.25, -0.2) is 19.6 Å². The second kappa shape index (κ2) is 25.0. The van der Waals surface area contributed by atoms with Gasteiger partial charge in [0.05, 0.1) is 80.8 Å². The number of nitrogens with zero attached hydrogens (tertiary/aromatic N) is 7. The van der Waals surface area contributed by atoms with Crippen LogP contribution < -0.4 is 26.0 Å². The van der Waals surface area contributed by atoms with E-state index in [1.54, 1.807) is 25.3 Å². The van der Waals surface area contributed by atoms with Gasteiger partial charge in [0.15, 0.2) is 0 Å². The molecule has 6 aromatic rings. The molecular weight excluding hydrogens is 953 g/mol. The standard InChI is InChI=1S/C57H74N10O6S/c1-57(59-2,55(58)69)51(40-16-9-6-10-17-40)54(68)66-29-13-20-49(66)52-63-48(38-74-52)44-25-26-50(45-19-12-11-18-43(44)45)73-35-33-71-31-30-70-32-34-72-42-23-21-41(22-24-42)62-56-60-28-27-47(64-56)46-36-61-67(53(46)65(3)4)37-39-14-7-5-8-15-39/h5,7-8,11-12,14-15,18-19,25-28,36,38,40-42,49,51,59H,6,9-10,13,16-17,20-24,29-35,37H2,1-4H3,(H2,58,69)(H,60,62,64)/t41?,42?,49-,51+,57?/m0/s1. The Balaban J connectivity index is 0.684. The largest absolute Gasteiger partial charge is 0.491 e. The molecule has 4 heterocycles. The molecule has 17 heteroatoms. The van der Waals surface area contributed by atoms with Gasteiger partial charge in [-0.3, -0.25) is 9.59 Å². The van der Waals surface area contributed by atoms with Gasteiger partial charge >= 0.3 is 0 Å². The Morgan fingerprint density at radius 1 is 0.811 bits per heavy atom. The van der Waals surface area contributed by atoms with Crippen molar-refractivity contribution in [3.63, 3.8) is 0 Å². The summed E-state index contributed by atoms with van der Waals surface area (Å²) in [7, 11) is 5.81. The number of nitrogens with two attached hydrogens (primary N) is 1. The van der Waals surface area contributed by atoms with Crippen LogP contribution in [0.25, 0.3) is 33.3 Å². The minimum Gasteiger partial charge on any atom is -0.491 e. The molecular formula is C57H74N10O6S. The first-order chi connectivity index (χ1) is 36.1. The number of rotatable bonds is 24. The van der Waals surface area contributed by atoms with Crippen molar-refractivity contribution in [3.05, 3.63) is 101 Å². The number of carbonyl (C=O) groups is 2. The van der Waals surface area contributed by atoms with Crippen LogP contribution >= 0.6 is 11.3 Å². The zero-order valence-corrected chi connectivity index (χ0v) is 44.4. The number of fused-ring (bicyclic) bond motifs is 1. The number of anilines is 2. The van der Waals surface area contributed by atoms with E-state index >= 15 is 0 Å². The summed E-state index contributed by atoms with van der Waals surface area (Å²) in [5, 5.41) is 16.5. The van der Waals surface area contributed by atoms with Crippen molar-refractivity contribution in [2.75, 3.05) is 77.5 Å². The summed E-state index contributed by atoms with van der Waals surface area (Å²) in [4.78, 5) is 46.2. The first-order valence-corrected chi connectivity index (χ1v) is 27.5. The van der Waals surface area contributed by atoms with Gasteiger partial charge in [0.1, 0.15) is 28.7 Å². The van der Waals surface area contributed by atoms with Gasteiger partial charge in [0, 0.05) is 49.2 Å². The zero-order chi connectivity index (χ0) is 51.4. The fourth-order valence-corrected chi connectivity index (χ4v) is 12.3. The Labute approximate surface area is 439 Å². The monoisotopic (exact) mass is 1030 g/mol. The first-order valence-electron chi connectivity index (χ1n) is 26.6. The average molecular weight is 1030 g/mol. The fourth-order valence-electron chi connectivity index (χ4n) is 11.3. The Bertz CT molecular complexity index is 2770. The lowest BCUT2D eigenvalue weighted by atomic mass is 9.69. The lowest BCUT2D eigenvalue weighted by molar-refractivity contribution is -0.147. The molecule has 1 saturated heterocycles. The Morgan fingerprint density at radius 3 is 2.28 bits per heavy atom.